The third-order valence-electron chi connectivity index (χ3n) is 5.26. The zero-order chi connectivity index (χ0) is 21.9. The van der Waals surface area contributed by atoms with Gasteiger partial charge < -0.3 is 20.5 Å². The van der Waals surface area contributed by atoms with Gasteiger partial charge in [-0.1, -0.05) is 13.8 Å². The van der Waals surface area contributed by atoms with Gasteiger partial charge in [0, 0.05) is 17.6 Å². The number of hydrogen-bond acceptors (Lipinski definition) is 4. The lowest BCUT2D eigenvalue weighted by Gasteiger charge is -2.38. The van der Waals surface area contributed by atoms with Gasteiger partial charge in [-0.25, -0.2) is 9.59 Å². The molecule has 4 atom stereocenters. The third kappa shape index (κ3) is 6.48. The summed E-state index contributed by atoms with van der Waals surface area (Å²) in [6.45, 7) is 11.3. The number of alkyl carbamates (subject to hydrolysis) is 1. The van der Waals surface area contributed by atoms with Crippen LogP contribution in [0.1, 0.15) is 63.4 Å². The Morgan fingerprint density at radius 2 is 1.72 bits per heavy atom. The monoisotopic (exact) mass is 404 g/mol. The molecule has 0 spiro atoms. The van der Waals surface area contributed by atoms with E-state index in [1.54, 1.807) is 19.1 Å². The molecule has 0 radical (unpaired) electrons. The molecule has 7 nitrogen and oxygen atoms in total. The second kappa shape index (κ2) is 8.84. The van der Waals surface area contributed by atoms with Crippen LogP contribution in [-0.4, -0.2) is 34.7 Å². The van der Waals surface area contributed by atoms with Gasteiger partial charge in [0.15, 0.2) is 0 Å². The lowest BCUT2D eigenvalue weighted by Crippen LogP contribution is -2.49. The minimum absolute atomic E-state index is 0.134. The van der Waals surface area contributed by atoms with E-state index in [-0.39, 0.29) is 35.3 Å². The molecule has 1 aliphatic rings. The van der Waals surface area contributed by atoms with Crippen molar-refractivity contribution >= 4 is 23.7 Å². The number of anilines is 1. The molecule has 1 aliphatic carbocycles. The van der Waals surface area contributed by atoms with Crippen molar-refractivity contribution in [3.63, 3.8) is 0 Å². The number of carbonyl (C=O) groups is 3. The zero-order valence-corrected chi connectivity index (χ0v) is 18.0. The highest BCUT2D eigenvalue weighted by Gasteiger charge is 2.38. The van der Waals surface area contributed by atoms with Gasteiger partial charge in [-0.3, -0.25) is 4.79 Å². The maximum absolute atomic E-state index is 12.9. The lowest BCUT2D eigenvalue weighted by atomic mass is 9.72. The van der Waals surface area contributed by atoms with Gasteiger partial charge in [0.25, 0.3) is 0 Å². The van der Waals surface area contributed by atoms with Gasteiger partial charge in [0.1, 0.15) is 5.60 Å². The first-order valence-corrected chi connectivity index (χ1v) is 10.0. The fourth-order valence-electron chi connectivity index (χ4n) is 3.89. The lowest BCUT2D eigenvalue weighted by molar-refractivity contribution is -0.123. The van der Waals surface area contributed by atoms with Gasteiger partial charge in [0.05, 0.1) is 5.56 Å². The van der Waals surface area contributed by atoms with Gasteiger partial charge in [-0.2, -0.15) is 0 Å². The van der Waals surface area contributed by atoms with Crippen molar-refractivity contribution in [2.75, 3.05) is 5.32 Å². The molecule has 0 aliphatic heterocycles. The average Bonchev–Trinajstić information content (AvgIpc) is 2.54. The maximum atomic E-state index is 12.9. The fraction of sp³-hybridized carbons (Fsp3) is 0.591. The molecular weight excluding hydrogens is 372 g/mol. The number of hydrogen-bond donors (Lipinski definition) is 3. The standard InChI is InChI=1S/C22H32N2O5/c1-12-7-15(20(26)27)10-16(8-12)23-19(25)17-11-18(14(3)9-13(17)2)24-21(28)29-22(4,5)6/h7-8,10,13-14,17-18H,9,11H2,1-6H3,(H,23,25)(H,24,28)(H,26,27)/t13-,14+,17?,18+/m1/s1. The SMILES string of the molecule is Cc1cc(NC(=O)C2C[C@H](NC(=O)OC(C)(C)C)[C@@H](C)C[C@H]2C)cc(C(=O)O)c1. The molecular formula is C22H32N2O5. The van der Waals surface area contributed by atoms with E-state index in [2.05, 4.69) is 17.6 Å². The summed E-state index contributed by atoms with van der Waals surface area (Å²) in [5.74, 6) is -1.13. The smallest absolute Gasteiger partial charge is 0.407 e. The number of carboxylic acid groups (broad SMARTS) is 1. The van der Waals surface area contributed by atoms with Crippen molar-refractivity contribution in [1.82, 2.24) is 5.32 Å². The van der Waals surface area contributed by atoms with E-state index in [1.165, 1.54) is 6.07 Å². The number of aryl methyl sites for hydroxylation is 1. The molecule has 0 saturated heterocycles. The first kappa shape index (κ1) is 22.7. The summed E-state index contributed by atoms with van der Waals surface area (Å²) in [6.07, 6.45) is 0.824. The van der Waals surface area contributed by atoms with E-state index >= 15 is 0 Å². The van der Waals surface area contributed by atoms with Crippen LogP contribution in [0.25, 0.3) is 0 Å². The molecule has 3 N–H and O–H groups in total. The molecule has 1 aromatic rings. The first-order chi connectivity index (χ1) is 13.4. The Bertz CT molecular complexity index is 784. The topological polar surface area (TPSA) is 105 Å². The fourth-order valence-corrected chi connectivity index (χ4v) is 3.89. The summed E-state index contributed by atoms with van der Waals surface area (Å²) in [7, 11) is 0. The van der Waals surface area contributed by atoms with E-state index in [4.69, 9.17) is 4.74 Å². The first-order valence-electron chi connectivity index (χ1n) is 10.0. The molecule has 7 heteroatoms. The Morgan fingerprint density at radius 3 is 2.31 bits per heavy atom. The van der Waals surface area contributed by atoms with Crippen molar-refractivity contribution in [1.29, 1.82) is 0 Å². The Hall–Kier alpha value is -2.57. The van der Waals surface area contributed by atoms with Crippen LogP contribution in [0.4, 0.5) is 10.5 Å². The predicted molar refractivity (Wildman–Crippen MR) is 111 cm³/mol. The van der Waals surface area contributed by atoms with Gasteiger partial charge in [-0.15, -0.1) is 0 Å². The number of amides is 2. The molecule has 0 bridgehead atoms. The molecule has 0 aromatic heterocycles. The van der Waals surface area contributed by atoms with Crippen LogP contribution in [0.3, 0.4) is 0 Å². The van der Waals surface area contributed by atoms with E-state index in [0.29, 0.717) is 12.1 Å². The Balaban J connectivity index is 2.09. The summed E-state index contributed by atoms with van der Waals surface area (Å²) < 4.78 is 5.35. The van der Waals surface area contributed by atoms with Crippen molar-refractivity contribution < 1.29 is 24.2 Å². The van der Waals surface area contributed by atoms with E-state index in [9.17, 15) is 19.5 Å². The molecule has 1 aromatic carbocycles. The summed E-state index contributed by atoms with van der Waals surface area (Å²) in [5.41, 5.74) is 0.777. The highest BCUT2D eigenvalue weighted by molar-refractivity contribution is 5.95. The van der Waals surface area contributed by atoms with Crippen LogP contribution in [0.15, 0.2) is 18.2 Å². The third-order valence-corrected chi connectivity index (χ3v) is 5.26. The van der Waals surface area contributed by atoms with Gasteiger partial charge in [-0.05, 0) is 76.1 Å². The minimum atomic E-state index is -1.04. The molecule has 0 heterocycles. The second-order valence-electron chi connectivity index (χ2n) is 9.17. The minimum Gasteiger partial charge on any atom is -0.478 e. The molecule has 1 unspecified atom stereocenters. The molecule has 29 heavy (non-hydrogen) atoms. The van der Waals surface area contributed by atoms with Crippen molar-refractivity contribution in [3.05, 3.63) is 29.3 Å². The molecule has 2 amide bonds. The number of nitrogens with one attached hydrogen (secondary N) is 2. The van der Waals surface area contributed by atoms with Crippen LogP contribution >= 0.6 is 0 Å². The van der Waals surface area contributed by atoms with Crippen LogP contribution in [0.5, 0.6) is 0 Å². The highest BCUT2D eigenvalue weighted by atomic mass is 16.6. The van der Waals surface area contributed by atoms with E-state index < -0.39 is 17.7 Å². The predicted octanol–water partition coefficient (Wildman–Crippen LogP) is 4.21. The largest absolute Gasteiger partial charge is 0.478 e. The number of ether oxygens (including phenoxy) is 1. The Labute approximate surface area is 172 Å². The number of aromatic carboxylic acids is 1. The average molecular weight is 405 g/mol. The highest BCUT2D eigenvalue weighted by Crippen LogP contribution is 2.35. The number of carboxylic acids is 1. The van der Waals surface area contributed by atoms with Gasteiger partial charge in [0.2, 0.25) is 5.91 Å². The van der Waals surface area contributed by atoms with Crippen LogP contribution in [0.2, 0.25) is 0 Å². The number of benzene rings is 1. The zero-order valence-electron chi connectivity index (χ0n) is 18.0. The van der Waals surface area contributed by atoms with Crippen molar-refractivity contribution in [2.24, 2.45) is 17.8 Å². The molecule has 1 fully saturated rings. The van der Waals surface area contributed by atoms with E-state index in [0.717, 1.165) is 12.0 Å². The summed E-state index contributed by atoms with van der Waals surface area (Å²) in [4.78, 5) is 36.4. The van der Waals surface area contributed by atoms with Crippen molar-refractivity contribution in [3.8, 4) is 0 Å². The summed E-state index contributed by atoms with van der Waals surface area (Å²) in [5, 5.41) is 15.0. The Morgan fingerprint density at radius 1 is 1.07 bits per heavy atom. The number of carbonyl (C=O) groups excluding carboxylic acids is 2. The van der Waals surface area contributed by atoms with Crippen molar-refractivity contribution in [2.45, 2.75) is 66.0 Å². The molecule has 1 saturated carbocycles. The normalized spacial score (nSPS) is 24.5. The van der Waals surface area contributed by atoms with Crippen LogP contribution < -0.4 is 10.6 Å². The number of rotatable bonds is 4. The van der Waals surface area contributed by atoms with E-state index in [1.807, 2.05) is 27.7 Å². The quantitative estimate of drug-likeness (QED) is 0.697. The maximum Gasteiger partial charge on any atom is 0.407 e. The summed E-state index contributed by atoms with van der Waals surface area (Å²) >= 11 is 0. The Kier molecular flexibility index (Phi) is 6.93. The molecule has 160 valence electrons. The summed E-state index contributed by atoms with van der Waals surface area (Å²) in [6, 6.07) is 4.60. The molecule has 2 rings (SSSR count). The van der Waals surface area contributed by atoms with Crippen LogP contribution in [0, 0.1) is 24.7 Å². The van der Waals surface area contributed by atoms with Gasteiger partial charge >= 0.3 is 12.1 Å². The second-order valence-corrected chi connectivity index (χ2v) is 9.17. The van der Waals surface area contributed by atoms with Crippen LogP contribution in [-0.2, 0) is 9.53 Å².